The van der Waals surface area contributed by atoms with Crippen molar-refractivity contribution in [3.8, 4) is 0 Å². The molecule has 1 aromatic heterocycles. The Labute approximate surface area is 123 Å². The Morgan fingerprint density at radius 2 is 1.82 bits per heavy atom. The number of nitrogens with one attached hydrogen (secondary N) is 1. The molecule has 1 N–H and O–H groups in total. The Balaban J connectivity index is 1.87. The van der Waals surface area contributed by atoms with Crippen LogP contribution in [0.3, 0.4) is 0 Å². The molecule has 114 valence electrons. The first-order chi connectivity index (χ1) is 10.5. The van der Waals surface area contributed by atoms with Gasteiger partial charge in [-0.25, -0.2) is 0 Å². The van der Waals surface area contributed by atoms with E-state index < -0.39 is 9.85 Å². The number of carbonyl (C=O) groups excluding carboxylic acids is 1. The maximum absolute atomic E-state index is 11.7. The van der Waals surface area contributed by atoms with E-state index in [0.29, 0.717) is 5.69 Å². The number of hydrogen-bond acceptors (Lipinski definition) is 6. The van der Waals surface area contributed by atoms with Gasteiger partial charge < -0.3 is 15.4 Å². The normalized spacial score (nSPS) is 10.2. The molecule has 1 amide bonds. The topological polar surface area (TPSA) is 133 Å². The number of nitrogens with zero attached hydrogens (tertiary/aromatic N) is 4. The second-order valence-electron chi connectivity index (χ2n) is 4.30. The summed E-state index contributed by atoms with van der Waals surface area (Å²) in [5.41, 5.74) is 0.365. The van der Waals surface area contributed by atoms with Gasteiger partial charge in [-0.3, -0.25) is 14.9 Å². The van der Waals surface area contributed by atoms with Crippen LogP contribution in [0.15, 0.2) is 36.5 Å². The molecule has 0 radical (unpaired) electrons. The summed E-state index contributed by atoms with van der Waals surface area (Å²) in [5, 5.41) is 27.2. The Hall–Kier alpha value is -3.30. The molecule has 0 saturated heterocycles. The summed E-state index contributed by atoms with van der Waals surface area (Å²) in [5.74, 6) is -0.609. The number of rotatable bonds is 6. The molecule has 0 saturated carbocycles. The van der Waals surface area contributed by atoms with Crippen LogP contribution in [0.2, 0.25) is 0 Å². The molecule has 0 aliphatic rings. The van der Waals surface area contributed by atoms with Crippen LogP contribution < -0.4 is 5.32 Å². The highest BCUT2D eigenvalue weighted by molar-refractivity contribution is 5.90. The summed E-state index contributed by atoms with van der Waals surface area (Å²) in [7, 11) is 0. The van der Waals surface area contributed by atoms with E-state index in [1.54, 1.807) is 0 Å². The molecule has 10 nitrogen and oxygen atoms in total. The molecule has 0 atom stereocenters. The van der Waals surface area contributed by atoms with Gasteiger partial charge in [-0.15, -0.1) is 0 Å². The van der Waals surface area contributed by atoms with Gasteiger partial charge in [0.15, 0.2) is 0 Å². The highest BCUT2D eigenvalue weighted by Gasteiger charge is 2.12. The molecule has 0 aliphatic heterocycles. The molecule has 1 aromatic carbocycles. The van der Waals surface area contributed by atoms with Gasteiger partial charge in [0.05, 0.1) is 28.8 Å². The number of nitro groups is 2. The lowest BCUT2D eigenvalue weighted by Gasteiger charge is -2.04. The number of carbonyl (C=O) groups is 1. The van der Waals surface area contributed by atoms with Crippen LogP contribution >= 0.6 is 0 Å². The van der Waals surface area contributed by atoms with Gasteiger partial charge in [0.2, 0.25) is 5.91 Å². The van der Waals surface area contributed by atoms with Gasteiger partial charge in [0, 0.05) is 24.2 Å². The third-order valence-corrected chi connectivity index (χ3v) is 2.74. The predicted molar refractivity (Wildman–Crippen MR) is 75.2 cm³/mol. The average molecular weight is 305 g/mol. The Bertz CT molecular complexity index is 709. The first kappa shape index (κ1) is 15.1. The van der Waals surface area contributed by atoms with Crippen molar-refractivity contribution in [2.75, 3.05) is 5.32 Å². The summed E-state index contributed by atoms with van der Waals surface area (Å²) in [6, 6.07) is 6.66. The molecule has 2 rings (SSSR count). The van der Waals surface area contributed by atoms with Crippen molar-refractivity contribution in [3.05, 3.63) is 56.8 Å². The van der Waals surface area contributed by atoms with Crippen LogP contribution in [-0.4, -0.2) is 25.5 Å². The van der Waals surface area contributed by atoms with Gasteiger partial charge >= 0.3 is 5.82 Å². The maximum Gasteiger partial charge on any atom is 0.389 e. The Kier molecular flexibility index (Phi) is 4.41. The Morgan fingerprint density at radius 1 is 1.14 bits per heavy atom. The van der Waals surface area contributed by atoms with Gasteiger partial charge in [0.25, 0.3) is 5.69 Å². The summed E-state index contributed by atoms with van der Waals surface area (Å²) in [6.07, 6.45) is 1.48. The van der Waals surface area contributed by atoms with Crippen molar-refractivity contribution < 1.29 is 14.6 Å². The zero-order chi connectivity index (χ0) is 16.1. The lowest BCUT2D eigenvalue weighted by Crippen LogP contribution is -2.14. The molecular weight excluding hydrogens is 294 g/mol. The zero-order valence-corrected chi connectivity index (χ0v) is 11.2. The minimum Gasteiger partial charge on any atom is -0.358 e. The molecule has 0 aliphatic carbocycles. The van der Waals surface area contributed by atoms with Crippen LogP contribution in [0.25, 0.3) is 0 Å². The first-order valence-electron chi connectivity index (χ1n) is 6.18. The van der Waals surface area contributed by atoms with Crippen LogP contribution in [0.1, 0.15) is 6.42 Å². The van der Waals surface area contributed by atoms with Crippen LogP contribution in [0, 0.1) is 20.2 Å². The second-order valence-corrected chi connectivity index (χ2v) is 4.30. The van der Waals surface area contributed by atoms with E-state index in [1.165, 1.54) is 41.2 Å². The second kappa shape index (κ2) is 6.43. The standard InChI is InChI=1S/C12H11N5O5/c18-12(6-8-15-7-5-11(14-15)17(21)22)13-9-1-3-10(4-2-9)16(19)20/h1-5,7H,6,8H2,(H,13,18). The third kappa shape index (κ3) is 3.85. The molecule has 2 aromatic rings. The molecule has 0 bridgehead atoms. The van der Waals surface area contributed by atoms with Crippen molar-refractivity contribution in [1.29, 1.82) is 0 Å². The number of aromatic nitrogens is 2. The van der Waals surface area contributed by atoms with Crippen molar-refractivity contribution in [3.63, 3.8) is 0 Å². The van der Waals surface area contributed by atoms with E-state index in [1.807, 2.05) is 0 Å². The van der Waals surface area contributed by atoms with E-state index in [0.717, 1.165) is 0 Å². The number of aryl methyl sites for hydroxylation is 1. The molecule has 1 heterocycles. The van der Waals surface area contributed by atoms with Gasteiger partial charge in [-0.2, -0.15) is 4.68 Å². The number of benzene rings is 1. The van der Waals surface area contributed by atoms with Crippen molar-refractivity contribution in [2.45, 2.75) is 13.0 Å². The highest BCUT2D eigenvalue weighted by Crippen LogP contribution is 2.15. The fourth-order valence-electron chi connectivity index (χ4n) is 1.68. The van der Waals surface area contributed by atoms with Gasteiger partial charge in [-0.1, -0.05) is 0 Å². The minimum absolute atomic E-state index is 0.0653. The molecular formula is C12H11N5O5. The monoisotopic (exact) mass is 305 g/mol. The first-order valence-corrected chi connectivity index (χ1v) is 6.18. The quantitative estimate of drug-likeness (QED) is 0.638. The highest BCUT2D eigenvalue weighted by atomic mass is 16.6. The SMILES string of the molecule is O=C(CCn1ccc([N+](=O)[O-])n1)Nc1ccc([N+](=O)[O-])cc1. The summed E-state index contributed by atoms with van der Waals surface area (Å²) in [4.78, 5) is 31.6. The molecule has 22 heavy (non-hydrogen) atoms. The van der Waals surface area contributed by atoms with E-state index >= 15 is 0 Å². The zero-order valence-electron chi connectivity index (χ0n) is 11.2. The lowest BCUT2D eigenvalue weighted by molar-refractivity contribution is -0.389. The van der Waals surface area contributed by atoms with Crippen LogP contribution in [0.4, 0.5) is 17.2 Å². The fourth-order valence-corrected chi connectivity index (χ4v) is 1.68. The maximum atomic E-state index is 11.7. The number of anilines is 1. The molecule has 10 heteroatoms. The summed E-state index contributed by atoms with van der Waals surface area (Å²) >= 11 is 0. The fraction of sp³-hybridized carbons (Fsp3) is 0.167. The third-order valence-electron chi connectivity index (χ3n) is 2.74. The van der Waals surface area contributed by atoms with E-state index in [2.05, 4.69) is 10.4 Å². The van der Waals surface area contributed by atoms with Crippen molar-refractivity contribution >= 4 is 23.1 Å². The van der Waals surface area contributed by atoms with Gasteiger partial charge in [-0.05, 0) is 17.1 Å². The molecule has 0 fully saturated rings. The number of non-ortho nitro benzene ring substituents is 1. The number of amides is 1. The molecule has 0 spiro atoms. The van der Waals surface area contributed by atoms with Crippen molar-refractivity contribution in [1.82, 2.24) is 9.78 Å². The summed E-state index contributed by atoms with van der Waals surface area (Å²) < 4.78 is 1.30. The van der Waals surface area contributed by atoms with Gasteiger partial charge in [0.1, 0.15) is 0 Å². The molecule has 0 unspecified atom stereocenters. The van der Waals surface area contributed by atoms with E-state index in [4.69, 9.17) is 0 Å². The number of hydrogen-bond donors (Lipinski definition) is 1. The predicted octanol–water partition coefficient (Wildman–Crippen LogP) is 1.73. The Morgan fingerprint density at radius 3 is 2.36 bits per heavy atom. The minimum atomic E-state index is -0.618. The van der Waals surface area contributed by atoms with Crippen molar-refractivity contribution in [2.24, 2.45) is 0 Å². The van der Waals surface area contributed by atoms with E-state index in [9.17, 15) is 25.0 Å². The largest absolute Gasteiger partial charge is 0.389 e. The van der Waals surface area contributed by atoms with Crippen LogP contribution in [0.5, 0.6) is 0 Å². The van der Waals surface area contributed by atoms with Crippen LogP contribution in [-0.2, 0) is 11.3 Å². The van der Waals surface area contributed by atoms with E-state index in [-0.39, 0.29) is 30.4 Å². The number of nitro benzene ring substituents is 1. The smallest absolute Gasteiger partial charge is 0.358 e. The average Bonchev–Trinajstić information content (AvgIpc) is 2.95. The lowest BCUT2D eigenvalue weighted by atomic mass is 10.2. The summed E-state index contributed by atoms with van der Waals surface area (Å²) in [6.45, 7) is 0.187.